The second-order valence-electron chi connectivity index (χ2n) is 25.9. The van der Waals surface area contributed by atoms with Gasteiger partial charge >= 0.3 is 11.9 Å². The van der Waals surface area contributed by atoms with Gasteiger partial charge in [-0.05, 0) is 236 Å². The molecule has 0 aromatic heterocycles. The maximum atomic E-state index is 13.1. The molecular weight excluding hydrogens is 1410 g/mol. The molecule has 11 rings (SSSR count). The van der Waals surface area contributed by atoms with Gasteiger partial charge in [-0.1, -0.05) is 5.57 Å². The molecule has 2 saturated heterocycles. The Morgan fingerprint density at radius 3 is 1.13 bits per heavy atom. The third-order valence-corrected chi connectivity index (χ3v) is 19.2. The van der Waals surface area contributed by atoms with Gasteiger partial charge < -0.3 is 102 Å². The van der Waals surface area contributed by atoms with Gasteiger partial charge in [-0.25, -0.2) is 0 Å². The summed E-state index contributed by atoms with van der Waals surface area (Å²) in [5.74, 6) is 5.39. The molecule has 2 aliphatic heterocycles. The van der Waals surface area contributed by atoms with E-state index in [2.05, 4.69) is 42.2 Å². The Morgan fingerprint density at radius 2 is 0.815 bits per heavy atom. The number of likely N-dealkylation sites (N-methyl/N-ethyl adjacent to an activating group) is 2. The molecule has 586 valence electrons. The number of ether oxygens (including phenoxy) is 15. The minimum absolute atomic E-state index is 0. The number of aliphatic carboxylic acids is 2. The minimum atomic E-state index is -0.899. The summed E-state index contributed by atoms with van der Waals surface area (Å²) in [6.45, 7) is 10.1. The van der Waals surface area contributed by atoms with Crippen molar-refractivity contribution in [1.29, 1.82) is 0 Å². The van der Waals surface area contributed by atoms with Crippen molar-refractivity contribution in [3.8, 4) is 74.7 Å². The van der Waals surface area contributed by atoms with Crippen LogP contribution < -0.4 is 72.6 Å². The van der Waals surface area contributed by atoms with Crippen molar-refractivity contribution < 1.29 is 100 Å². The highest BCUT2D eigenvalue weighted by molar-refractivity contribution is 6.10. The molecule has 4 atom stereocenters. The molecule has 1 amide bonds. The number of allylic oxidation sites excluding steroid dienone is 7. The van der Waals surface area contributed by atoms with Crippen LogP contribution in [0.15, 0.2) is 106 Å². The van der Waals surface area contributed by atoms with E-state index in [1.165, 1.54) is 34.3 Å². The molecule has 25 nitrogen and oxygen atoms in total. The molecule has 0 saturated carbocycles. The van der Waals surface area contributed by atoms with Crippen LogP contribution in [-0.4, -0.2) is 215 Å². The number of hydrogen-bond acceptors (Lipinski definition) is 22. The molecule has 108 heavy (non-hydrogen) atoms. The Balaban J connectivity index is 0.000000229. The SMILES string of the molecule is CN1CC[C@H](N)C1.COC1C=C2CC(C)=C(CC(=O)O)C2=CC1OC.COc1cc(C=O)cc(OC)c1OC.COc1cc2c(cc1OC)/C(=C\c1cc(OC)c(OC)c(OC)c1)C(C)=C2CC(=O)N[C@H]1CCN(C)C1.COc1cc2c(cc1OC)/C(=C\c1cc(OC)c(OC)c(OC)c1)C(C)=C2CC(=O)O.Cl. The van der Waals surface area contributed by atoms with Crippen LogP contribution in [0.1, 0.15) is 103 Å². The maximum Gasteiger partial charge on any atom is 0.307 e. The van der Waals surface area contributed by atoms with E-state index in [1.807, 2.05) is 80.6 Å². The third-order valence-electron chi connectivity index (χ3n) is 19.2. The Morgan fingerprint density at radius 1 is 0.463 bits per heavy atom. The highest BCUT2D eigenvalue weighted by Crippen LogP contribution is 2.51. The van der Waals surface area contributed by atoms with E-state index in [1.54, 1.807) is 97.5 Å². The first-order chi connectivity index (χ1) is 51.3. The fraction of sp³-hybridized carbons (Fsp3) is 0.415. The van der Waals surface area contributed by atoms with Crippen molar-refractivity contribution in [1.82, 2.24) is 15.1 Å². The quantitative estimate of drug-likeness (QED) is 0.0395. The molecule has 0 bridgehead atoms. The summed E-state index contributed by atoms with van der Waals surface area (Å²) in [6, 6.07) is 18.9. The predicted octanol–water partition coefficient (Wildman–Crippen LogP) is 12.5. The monoisotopic (exact) mass is 1520 g/mol. The molecule has 0 radical (unpaired) electrons. The normalized spacial score (nSPS) is 18.1. The first-order valence-corrected chi connectivity index (χ1v) is 34.6. The van der Waals surface area contributed by atoms with Crippen LogP contribution in [-0.2, 0) is 23.9 Å². The first kappa shape index (κ1) is 86.8. The van der Waals surface area contributed by atoms with Gasteiger partial charge in [-0.2, -0.15) is 0 Å². The number of fused-ring (bicyclic) bond motifs is 3. The standard InChI is InChI=1S/C29H36N2O6.C24H26O7.C14H18O4.C10H12O4.C5H12N2.ClH/c1-17-20(10-18-11-26(35-5)29(37-7)27(12-18)36-6)22-13-24(33-3)25(34-4)14-23(22)21(17)15-28(32)30-19-8-9-31(2)16-19;1-13-15(7-14-8-21(29-4)24(31-6)22(9-14)30-5)17-10-19(27-2)20(28-3)11-18(17)16(13)12-23(25)26;1-8-4-9-5-12(17-2)13(18-3)6-11(9)10(8)7-14(15)16;1-12-8-4-7(6-11)5-9(13-2)10(8)14-3;1-7-3-2-5(6)4-7;/h10-14,19H,8-9,15-16H2,1-7H3,(H,30,32);7-11H,12H2,1-6H3,(H,25,26);5-6,12-13H,4,7H2,1-3H3,(H,15,16);4-6H,1-3H3;5H,2-4,6H2,1H3;1H/b20-10-;15-7-;;;;/t19-;;;;5-;/m0...0./s1. The van der Waals surface area contributed by atoms with Crippen LogP contribution in [0.4, 0.5) is 0 Å². The van der Waals surface area contributed by atoms with E-state index in [9.17, 15) is 24.3 Å². The van der Waals surface area contributed by atoms with E-state index in [4.69, 9.17) is 81.9 Å². The number of carboxylic acids is 2. The average Bonchev–Trinajstić information content (AvgIpc) is 1.61. The second-order valence-corrected chi connectivity index (χ2v) is 25.9. The Kier molecular flexibility index (Phi) is 32.7. The molecule has 5 aromatic carbocycles. The molecule has 5 aromatic rings. The van der Waals surface area contributed by atoms with Crippen molar-refractivity contribution in [3.05, 3.63) is 145 Å². The summed E-state index contributed by atoms with van der Waals surface area (Å²) in [5.41, 5.74) is 21.1. The smallest absolute Gasteiger partial charge is 0.307 e. The van der Waals surface area contributed by atoms with Crippen molar-refractivity contribution in [3.63, 3.8) is 0 Å². The summed E-state index contributed by atoms with van der Waals surface area (Å²) in [7, 11) is 27.8. The van der Waals surface area contributed by atoms with Gasteiger partial charge in [-0.3, -0.25) is 19.2 Å². The van der Waals surface area contributed by atoms with Gasteiger partial charge in [-0.15, -0.1) is 12.4 Å². The number of rotatable bonds is 25. The summed E-state index contributed by atoms with van der Waals surface area (Å²) in [6.07, 6.45) is 11.8. The number of benzene rings is 5. The number of nitrogens with zero attached hydrogens (tertiary/aromatic N) is 2. The zero-order chi connectivity index (χ0) is 78.5. The lowest BCUT2D eigenvalue weighted by Gasteiger charge is -2.25. The fourth-order valence-corrected chi connectivity index (χ4v) is 13.8. The van der Waals surface area contributed by atoms with Crippen LogP contribution in [0.2, 0.25) is 0 Å². The van der Waals surface area contributed by atoms with E-state index in [0.717, 1.165) is 128 Å². The second kappa shape index (κ2) is 40.7. The number of halogens is 1. The molecule has 0 spiro atoms. The lowest BCUT2D eigenvalue weighted by atomic mass is 9.92. The van der Waals surface area contributed by atoms with Crippen LogP contribution in [0.5, 0.6) is 74.7 Å². The van der Waals surface area contributed by atoms with Crippen LogP contribution in [0.25, 0.3) is 34.4 Å². The molecule has 2 fully saturated rings. The Hall–Kier alpha value is -10.2. The van der Waals surface area contributed by atoms with Crippen molar-refractivity contribution in [2.45, 2.75) is 83.6 Å². The predicted molar refractivity (Wildman–Crippen MR) is 419 cm³/mol. The number of methoxy groups -OCH3 is 15. The number of carbonyl (C=O) groups excluding carboxylic acids is 2. The fourth-order valence-electron chi connectivity index (χ4n) is 13.8. The van der Waals surface area contributed by atoms with Gasteiger partial charge in [0.25, 0.3) is 0 Å². The number of nitrogens with two attached hydrogens (primary N) is 1. The van der Waals surface area contributed by atoms with Gasteiger partial charge in [0.15, 0.2) is 57.5 Å². The van der Waals surface area contributed by atoms with E-state index in [-0.39, 0.29) is 55.8 Å². The van der Waals surface area contributed by atoms with Crippen LogP contribution in [0.3, 0.4) is 0 Å². The number of nitrogens with one attached hydrogen (secondary N) is 1. The summed E-state index contributed by atoms with van der Waals surface area (Å²) in [4.78, 5) is 50.6. The Labute approximate surface area is 639 Å². The number of amides is 1. The summed E-state index contributed by atoms with van der Waals surface area (Å²) in [5, 5.41) is 21.6. The third kappa shape index (κ3) is 20.8. The lowest BCUT2D eigenvalue weighted by Crippen LogP contribution is -2.36. The number of carbonyl (C=O) groups is 4. The molecule has 5 N–H and O–H groups in total. The van der Waals surface area contributed by atoms with Crippen LogP contribution >= 0.6 is 12.4 Å². The van der Waals surface area contributed by atoms with Crippen molar-refractivity contribution in [2.75, 3.05) is 147 Å². The number of hydrogen-bond donors (Lipinski definition) is 4. The first-order valence-electron chi connectivity index (χ1n) is 34.6. The lowest BCUT2D eigenvalue weighted by molar-refractivity contribution is -0.137. The maximum absolute atomic E-state index is 13.1. The molecular formula is C82H105ClN4O21. The van der Waals surface area contributed by atoms with Gasteiger partial charge in [0.05, 0.1) is 112 Å². The number of carboxylic acid groups (broad SMARTS) is 2. The van der Waals surface area contributed by atoms with Crippen molar-refractivity contribution >= 4 is 71.0 Å². The van der Waals surface area contributed by atoms with E-state index in [0.29, 0.717) is 86.3 Å². The van der Waals surface area contributed by atoms with E-state index < -0.39 is 11.9 Å². The zero-order valence-corrected chi connectivity index (χ0v) is 66.4. The van der Waals surface area contributed by atoms with Gasteiger partial charge in [0.1, 0.15) is 18.5 Å². The van der Waals surface area contributed by atoms with Crippen LogP contribution in [0, 0.1) is 0 Å². The largest absolute Gasteiger partial charge is 0.493 e. The van der Waals surface area contributed by atoms with Gasteiger partial charge in [0.2, 0.25) is 23.2 Å². The molecule has 6 aliphatic rings. The highest BCUT2D eigenvalue weighted by atomic mass is 35.5. The average molecular weight is 1520 g/mol. The summed E-state index contributed by atoms with van der Waals surface area (Å²) < 4.78 is 81.0. The van der Waals surface area contributed by atoms with Gasteiger partial charge in [0, 0.05) is 45.0 Å². The Bertz CT molecular complexity index is 4200. The highest BCUT2D eigenvalue weighted by Gasteiger charge is 2.34. The number of aldehydes is 1. The topological polar surface area (TPSA) is 292 Å². The summed E-state index contributed by atoms with van der Waals surface area (Å²) >= 11 is 0. The molecule has 2 heterocycles. The minimum Gasteiger partial charge on any atom is -0.493 e. The molecule has 26 heteroatoms. The van der Waals surface area contributed by atoms with Crippen molar-refractivity contribution in [2.24, 2.45) is 5.73 Å². The zero-order valence-electron chi connectivity index (χ0n) is 65.6. The molecule has 4 aliphatic carbocycles. The van der Waals surface area contributed by atoms with E-state index >= 15 is 0 Å². The number of likely N-dealkylation sites (tertiary alicyclic amines) is 2. The molecule has 2 unspecified atom stereocenters.